The van der Waals surface area contributed by atoms with E-state index >= 15 is 0 Å². The summed E-state index contributed by atoms with van der Waals surface area (Å²) in [7, 11) is 2.94. The Bertz CT molecular complexity index is 438. The molecule has 7 nitrogen and oxygen atoms in total. The number of aliphatic hydroxyl groups excluding tert-OH is 2. The number of benzene rings is 1. The molecule has 1 aromatic rings. The molecule has 0 bridgehead atoms. The molecule has 0 amide bonds. The van der Waals surface area contributed by atoms with Gasteiger partial charge >= 0.3 is 0 Å². The Hall–Kier alpha value is -1.95. The highest BCUT2D eigenvalue weighted by Crippen LogP contribution is 2.36. The zero-order valence-corrected chi connectivity index (χ0v) is 10.9. The van der Waals surface area contributed by atoms with Crippen LogP contribution < -0.4 is 9.47 Å². The Morgan fingerprint density at radius 1 is 1.26 bits per heavy atom. The summed E-state index contributed by atoms with van der Waals surface area (Å²) in [6, 6.07) is 5.06. The van der Waals surface area contributed by atoms with Crippen molar-refractivity contribution in [3.05, 3.63) is 34.2 Å². The Balaban J connectivity index is 2.96. The van der Waals surface area contributed by atoms with Crippen molar-refractivity contribution in [2.45, 2.75) is 18.6 Å². The second kappa shape index (κ2) is 7.48. The first kappa shape index (κ1) is 15.1. The average molecular weight is 267 g/mol. The lowest BCUT2D eigenvalue weighted by atomic mass is 10.00. The first-order valence-electron chi connectivity index (χ1n) is 5.73. The predicted octanol–water partition coefficient (Wildman–Crippen LogP) is 1.80. The van der Waals surface area contributed by atoms with Gasteiger partial charge in [-0.3, -0.25) is 0 Å². The van der Waals surface area contributed by atoms with Crippen molar-refractivity contribution >= 4 is 0 Å². The van der Waals surface area contributed by atoms with Crippen LogP contribution in [0.4, 0.5) is 0 Å². The van der Waals surface area contributed by atoms with E-state index in [1.807, 2.05) is 0 Å². The zero-order valence-electron chi connectivity index (χ0n) is 10.9. The number of rotatable bonds is 7. The van der Waals surface area contributed by atoms with Crippen molar-refractivity contribution in [1.82, 2.24) is 0 Å². The molecule has 0 radical (unpaired) electrons. The van der Waals surface area contributed by atoms with Gasteiger partial charge in [0.05, 0.1) is 25.9 Å². The minimum atomic E-state index is -1.18. The van der Waals surface area contributed by atoms with Crippen LogP contribution in [0.25, 0.3) is 10.4 Å². The smallest absolute Gasteiger partial charge is 0.128 e. The molecule has 0 saturated carbocycles. The fourth-order valence-corrected chi connectivity index (χ4v) is 1.76. The standard InChI is InChI=1S/C12H17N3O4/c1-18-9-4-3-5-10(19-2)11(9)12(17)8(16)6-7-14-15-13/h3-5,8,12,16-17H,6-7H2,1-2H3. The maximum absolute atomic E-state index is 10.2. The van der Waals surface area contributed by atoms with Crippen molar-refractivity contribution < 1.29 is 19.7 Å². The lowest BCUT2D eigenvalue weighted by molar-refractivity contribution is 0.0123. The van der Waals surface area contributed by atoms with Crippen LogP contribution in [-0.2, 0) is 0 Å². The summed E-state index contributed by atoms with van der Waals surface area (Å²) < 4.78 is 10.3. The van der Waals surface area contributed by atoms with Crippen LogP contribution in [0.2, 0.25) is 0 Å². The minimum Gasteiger partial charge on any atom is -0.496 e. The Labute approximate surface area is 111 Å². The van der Waals surface area contributed by atoms with Crippen molar-refractivity contribution in [3.8, 4) is 11.5 Å². The van der Waals surface area contributed by atoms with Crippen LogP contribution >= 0.6 is 0 Å². The van der Waals surface area contributed by atoms with Gasteiger partial charge in [0.2, 0.25) is 0 Å². The largest absolute Gasteiger partial charge is 0.496 e. The maximum atomic E-state index is 10.2. The number of hydrogen-bond donors (Lipinski definition) is 2. The molecule has 0 spiro atoms. The molecule has 0 aliphatic carbocycles. The Morgan fingerprint density at radius 3 is 2.32 bits per heavy atom. The van der Waals surface area contributed by atoms with Gasteiger partial charge < -0.3 is 19.7 Å². The van der Waals surface area contributed by atoms with Gasteiger partial charge in [-0.15, -0.1) is 0 Å². The van der Waals surface area contributed by atoms with E-state index in [4.69, 9.17) is 15.0 Å². The summed E-state index contributed by atoms with van der Waals surface area (Å²) in [5.74, 6) is 0.851. The predicted molar refractivity (Wildman–Crippen MR) is 69.1 cm³/mol. The number of methoxy groups -OCH3 is 2. The van der Waals surface area contributed by atoms with E-state index in [1.54, 1.807) is 18.2 Å². The number of azide groups is 1. The summed E-state index contributed by atoms with van der Waals surface area (Å²) in [6.07, 6.45) is -2.11. The molecule has 1 aromatic carbocycles. The van der Waals surface area contributed by atoms with Gasteiger partial charge in [-0.25, -0.2) is 0 Å². The van der Waals surface area contributed by atoms with Gasteiger partial charge in [0.25, 0.3) is 0 Å². The van der Waals surface area contributed by atoms with Crippen molar-refractivity contribution in [2.24, 2.45) is 5.11 Å². The van der Waals surface area contributed by atoms with E-state index < -0.39 is 12.2 Å². The topological polar surface area (TPSA) is 108 Å². The van der Waals surface area contributed by atoms with Crippen LogP contribution in [0.3, 0.4) is 0 Å². The highest BCUT2D eigenvalue weighted by molar-refractivity contribution is 5.46. The average Bonchev–Trinajstić information content (AvgIpc) is 2.45. The third-order valence-electron chi connectivity index (χ3n) is 2.71. The molecule has 19 heavy (non-hydrogen) atoms. The fourth-order valence-electron chi connectivity index (χ4n) is 1.76. The lowest BCUT2D eigenvalue weighted by Crippen LogP contribution is -2.20. The molecular weight excluding hydrogens is 250 g/mol. The molecule has 2 unspecified atom stereocenters. The Kier molecular flexibility index (Phi) is 5.95. The van der Waals surface area contributed by atoms with Gasteiger partial charge in [-0.1, -0.05) is 11.2 Å². The second-order valence-electron chi connectivity index (χ2n) is 3.83. The van der Waals surface area contributed by atoms with E-state index in [9.17, 15) is 10.2 Å². The second-order valence-corrected chi connectivity index (χ2v) is 3.83. The van der Waals surface area contributed by atoms with E-state index in [0.29, 0.717) is 17.1 Å². The lowest BCUT2D eigenvalue weighted by Gasteiger charge is -2.21. The van der Waals surface area contributed by atoms with E-state index in [2.05, 4.69) is 10.0 Å². The van der Waals surface area contributed by atoms with Gasteiger partial charge in [-0.2, -0.15) is 0 Å². The van der Waals surface area contributed by atoms with Gasteiger partial charge in [0, 0.05) is 11.5 Å². The van der Waals surface area contributed by atoms with Gasteiger partial charge in [0.15, 0.2) is 0 Å². The molecular formula is C12H17N3O4. The molecule has 0 heterocycles. The van der Waals surface area contributed by atoms with Crippen molar-refractivity contribution in [2.75, 3.05) is 20.8 Å². The highest BCUT2D eigenvalue weighted by atomic mass is 16.5. The normalized spacial score (nSPS) is 13.3. The van der Waals surface area contributed by atoms with Crippen LogP contribution in [0.5, 0.6) is 11.5 Å². The molecule has 0 aromatic heterocycles. The molecule has 1 rings (SSSR count). The highest BCUT2D eigenvalue weighted by Gasteiger charge is 2.25. The monoisotopic (exact) mass is 267 g/mol. The molecule has 2 N–H and O–H groups in total. The third-order valence-corrected chi connectivity index (χ3v) is 2.71. The van der Waals surface area contributed by atoms with Crippen molar-refractivity contribution in [1.29, 1.82) is 0 Å². The molecule has 2 atom stereocenters. The van der Waals surface area contributed by atoms with Crippen LogP contribution in [-0.4, -0.2) is 37.1 Å². The van der Waals surface area contributed by atoms with Crippen LogP contribution in [0.15, 0.2) is 23.3 Å². The minimum absolute atomic E-state index is 0.103. The Morgan fingerprint density at radius 2 is 1.84 bits per heavy atom. The quantitative estimate of drug-likeness (QED) is 0.446. The maximum Gasteiger partial charge on any atom is 0.128 e. The molecule has 0 aliphatic heterocycles. The molecule has 7 heteroatoms. The van der Waals surface area contributed by atoms with E-state index in [-0.39, 0.29) is 13.0 Å². The van der Waals surface area contributed by atoms with Gasteiger partial charge in [-0.05, 0) is 24.1 Å². The zero-order chi connectivity index (χ0) is 14.3. The third kappa shape index (κ3) is 3.75. The molecule has 0 aliphatic rings. The van der Waals surface area contributed by atoms with Gasteiger partial charge in [0.1, 0.15) is 17.6 Å². The number of aliphatic hydroxyl groups is 2. The number of nitrogens with zero attached hydrogens (tertiary/aromatic N) is 3. The molecule has 0 fully saturated rings. The summed E-state index contributed by atoms with van der Waals surface area (Å²) >= 11 is 0. The van der Waals surface area contributed by atoms with Crippen LogP contribution in [0.1, 0.15) is 18.1 Å². The van der Waals surface area contributed by atoms with E-state index in [0.717, 1.165) is 0 Å². The summed E-state index contributed by atoms with van der Waals surface area (Å²) in [5, 5.41) is 23.4. The number of ether oxygens (including phenoxy) is 2. The summed E-state index contributed by atoms with van der Waals surface area (Å²) in [4.78, 5) is 2.59. The summed E-state index contributed by atoms with van der Waals surface area (Å²) in [5.41, 5.74) is 8.55. The first-order chi connectivity index (χ1) is 9.15. The first-order valence-corrected chi connectivity index (χ1v) is 5.73. The molecule has 0 saturated heterocycles. The summed E-state index contributed by atoms with van der Waals surface area (Å²) in [6.45, 7) is 0.103. The fraction of sp³-hybridized carbons (Fsp3) is 0.500. The van der Waals surface area contributed by atoms with Crippen LogP contribution in [0, 0.1) is 0 Å². The van der Waals surface area contributed by atoms with E-state index in [1.165, 1.54) is 14.2 Å². The SMILES string of the molecule is COc1cccc(OC)c1C(O)C(O)CCN=[N+]=[N-]. The van der Waals surface area contributed by atoms with Crippen molar-refractivity contribution in [3.63, 3.8) is 0 Å². The molecule has 104 valence electrons. The number of hydrogen-bond acceptors (Lipinski definition) is 5.